The van der Waals surface area contributed by atoms with E-state index in [0.717, 1.165) is 18.5 Å². The summed E-state index contributed by atoms with van der Waals surface area (Å²) in [5.74, 6) is 0.265. The predicted molar refractivity (Wildman–Crippen MR) is 82.2 cm³/mol. The molecule has 0 aromatic heterocycles. The number of rotatable bonds is 5. The summed E-state index contributed by atoms with van der Waals surface area (Å²) in [4.78, 5) is 23.8. The highest BCUT2D eigenvalue weighted by atomic mass is 16.5. The number of esters is 1. The Morgan fingerprint density at radius 3 is 2.43 bits per heavy atom. The summed E-state index contributed by atoms with van der Waals surface area (Å²) >= 11 is 0. The van der Waals surface area contributed by atoms with Crippen LogP contribution in [0.3, 0.4) is 0 Å². The molecule has 0 spiro atoms. The molecule has 1 aromatic rings. The van der Waals surface area contributed by atoms with E-state index in [0.29, 0.717) is 18.1 Å². The Morgan fingerprint density at radius 2 is 1.86 bits per heavy atom. The average Bonchev–Trinajstić information content (AvgIpc) is 3.01. The van der Waals surface area contributed by atoms with Crippen molar-refractivity contribution >= 4 is 17.6 Å². The fraction of sp³-hybridized carbons (Fsp3) is 0.529. The van der Waals surface area contributed by atoms with Crippen molar-refractivity contribution in [1.29, 1.82) is 0 Å². The molecular weight excluding hydrogens is 266 g/mol. The van der Waals surface area contributed by atoms with Gasteiger partial charge in [-0.15, -0.1) is 0 Å². The zero-order valence-electron chi connectivity index (χ0n) is 12.7. The van der Waals surface area contributed by atoms with E-state index in [1.54, 1.807) is 31.2 Å². The van der Waals surface area contributed by atoms with E-state index in [9.17, 15) is 9.59 Å². The van der Waals surface area contributed by atoms with Gasteiger partial charge >= 0.3 is 5.97 Å². The average molecular weight is 289 g/mol. The summed E-state index contributed by atoms with van der Waals surface area (Å²) < 4.78 is 4.93. The van der Waals surface area contributed by atoms with E-state index in [-0.39, 0.29) is 17.8 Å². The fourth-order valence-electron chi connectivity index (χ4n) is 2.83. The lowest BCUT2D eigenvalue weighted by Crippen LogP contribution is -2.25. The highest BCUT2D eigenvalue weighted by Crippen LogP contribution is 2.31. The van der Waals surface area contributed by atoms with E-state index >= 15 is 0 Å². The molecule has 0 aliphatic heterocycles. The SMILES string of the molecule is CCOC(=O)c1ccc(NC(=O)C(C)C2CCCC2)cc1. The molecule has 4 nitrogen and oxygen atoms in total. The Hall–Kier alpha value is -1.84. The van der Waals surface area contributed by atoms with Gasteiger partial charge in [0, 0.05) is 11.6 Å². The molecule has 1 aromatic carbocycles. The third-order valence-corrected chi connectivity index (χ3v) is 4.18. The van der Waals surface area contributed by atoms with E-state index in [1.165, 1.54) is 12.8 Å². The Balaban J connectivity index is 1.93. The van der Waals surface area contributed by atoms with Gasteiger partial charge in [0.1, 0.15) is 0 Å². The quantitative estimate of drug-likeness (QED) is 0.842. The maximum Gasteiger partial charge on any atom is 0.338 e. The predicted octanol–water partition coefficient (Wildman–Crippen LogP) is 3.63. The molecular formula is C17H23NO3. The van der Waals surface area contributed by atoms with E-state index in [2.05, 4.69) is 5.32 Å². The van der Waals surface area contributed by atoms with Crippen molar-refractivity contribution in [3.05, 3.63) is 29.8 Å². The Bertz CT molecular complexity index is 489. The fourth-order valence-corrected chi connectivity index (χ4v) is 2.83. The van der Waals surface area contributed by atoms with Gasteiger partial charge in [0.25, 0.3) is 0 Å². The lowest BCUT2D eigenvalue weighted by atomic mass is 9.92. The minimum Gasteiger partial charge on any atom is -0.462 e. The second kappa shape index (κ2) is 7.25. The monoisotopic (exact) mass is 289 g/mol. The third kappa shape index (κ3) is 4.06. The van der Waals surface area contributed by atoms with Gasteiger partial charge in [-0.25, -0.2) is 4.79 Å². The number of anilines is 1. The van der Waals surface area contributed by atoms with Crippen molar-refractivity contribution in [3.63, 3.8) is 0 Å². The summed E-state index contributed by atoms with van der Waals surface area (Å²) in [6.45, 7) is 4.13. The first-order chi connectivity index (χ1) is 10.1. The van der Waals surface area contributed by atoms with Crippen molar-refractivity contribution in [2.75, 3.05) is 11.9 Å². The number of carbonyl (C=O) groups is 2. The van der Waals surface area contributed by atoms with Crippen molar-refractivity contribution in [2.45, 2.75) is 39.5 Å². The van der Waals surface area contributed by atoms with Crippen LogP contribution in [0.5, 0.6) is 0 Å². The molecule has 21 heavy (non-hydrogen) atoms. The maximum absolute atomic E-state index is 12.2. The highest BCUT2D eigenvalue weighted by molar-refractivity contribution is 5.94. The minimum atomic E-state index is -0.338. The zero-order chi connectivity index (χ0) is 15.2. The first-order valence-electron chi connectivity index (χ1n) is 7.70. The second-order valence-electron chi connectivity index (χ2n) is 5.62. The molecule has 1 N–H and O–H groups in total. The van der Waals surface area contributed by atoms with Crippen molar-refractivity contribution in [3.8, 4) is 0 Å². The second-order valence-corrected chi connectivity index (χ2v) is 5.62. The van der Waals surface area contributed by atoms with Gasteiger partial charge in [0.05, 0.1) is 12.2 Å². The van der Waals surface area contributed by atoms with Crippen LogP contribution in [0.4, 0.5) is 5.69 Å². The summed E-state index contributed by atoms with van der Waals surface area (Å²) in [5.41, 5.74) is 1.22. The summed E-state index contributed by atoms with van der Waals surface area (Å²) in [6, 6.07) is 6.83. The van der Waals surface area contributed by atoms with E-state index < -0.39 is 0 Å². The molecule has 0 bridgehead atoms. The van der Waals surface area contributed by atoms with Crippen molar-refractivity contribution in [1.82, 2.24) is 0 Å². The number of benzene rings is 1. The molecule has 0 heterocycles. The van der Waals surface area contributed by atoms with Crippen LogP contribution < -0.4 is 5.32 Å². The van der Waals surface area contributed by atoms with E-state index in [4.69, 9.17) is 4.74 Å². The summed E-state index contributed by atoms with van der Waals surface area (Å²) in [5, 5.41) is 2.93. The number of hydrogen-bond donors (Lipinski definition) is 1. The van der Waals surface area contributed by atoms with Gasteiger partial charge in [0.15, 0.2) is 0 Å². The molecule has 0 radical (unpaired) electrons. The van der Waals surface area contributed by atoms with Crippen LogP contribution in [-0.4, -0.2) is 18.5 Å². The first kappa shape index (κ1) is 15.5. The van der Waals surface area contributed by atoms with Crippen LogP contribution in [0.25, 0.3) is 0 Å². The minimum absolute atomic E-state index is 0.0391. The lowest BCUT2D eigenvalue weighted by Gasteiger charge is -2.18. The topological polar surface area (TPSA) is 55.4 Å². The van der Waals surface area contributed by atoms with Crippen LogP contribution in [0.15, 0.2) is 24.3 Å². The smallest absolute Gasteiger partial charge is 0.338 e. The standard InChI is InChI=1S/C17H23NO3/c1-3-21-17(20)14-8-10-15(11-9-14)18-16(19)12(2)13-6-4-5-7-13/h8-13H,3-7H2,1-2H3,(H,18,19). The van der Waals surface area contributed by atoms with Crippen LogP contribution in [-0.2, 0) is 9.53 Å². The molecule has 4 heteroatoms. The van der Waals surface area contributed by atoms with Gasteiger partial charge in [-0.2, -0.15) is 0 Å². The molecule has 1 aliphatic rings. The van der Waals surface area contributed by atoms with Crippen molar-refractivity contribution < 1.29 is 14.3 Å². The zero-order valence-corrected chi connectivity index (χ0v) is 12.7. The van der Waals surface area contributed by atoms with Gasteiger partial charge in [-0.3, -0.25) is 4.79 Å². The number of nitrogens with one attached hydrogen (secondary N) is 1. The van der Waals surface area contributed by atoms with E-state index in [1.807, 2.05) is 6.92 Å². The first-order valence-corrected chi connectivity index (χ1v) is 7.70. The van der Waals surface area contributed by atoms with Gasteiger partial charge in [0.2, 0.25) is 5.91 Å². The van der Waals surface area contributed by atoms with Crippen LogP contribution >= 0.6 is 0 Å². The van der Waals surface area contributed by atoms with Crippen LogP contribution in [0.1, 0.15) is 49.9 Å². The molecule has 1 amide bonds. The molecule has 114 valence electrons. The largest absolute Gasteiger partial charge is 0.462 e. The number of hydrogen-bond acceptors (Lipinski definition) is 3. The van der Waals surface area contributed by atoms with Crippen LogP contribution in [0.2, 0.25) is 0 Å². The number of ether oxygens (including phenoxy) is 1. The Kier molecular flexibility index (Phi) is 5.37. The molecule has 1 atom stereocenters. The molecule has 0 saturated heterocycles. The maximum atomic E-state index is 12.2. The molecule has 2 rings (SSSR count). The molecule has 1 aliphatic carbocycles. The van der Waals surface area contributed by atoms with Gasteiger partial charge < -0.3 is 10.1 Å². The van der Waals surface area contributed by atoms with Crippen molar-refractivity contribution in [2.24, 2.45) is 11.8 Å². The summed E-state index contributed by atoms with van der Waals surface area (Å²) in [6.07, 6.45) is 4.76. The molecule has 1 unspecified atom stereocenters. The molecule has 1 fully saturated rings. The molecule has 1 saturated carbocycles. The van der Waals surface area contributed by atoms with Gasteiger partial charge in [-0.1, -0.05) is 19.8 Å². The van der Waals surface area contributed by atoms with Gasteiger partial charge in [-0.05, 0) is 49.9 Å². The van der Waals surface area contributed by atoms with Crippen LogP contribution in [0, 0.1) is 11.8 Å². The Morgan fingerprint density at radius 1 is 1.24 bits per heavy atom. The number of carbonyl (C=O) groups excluding carboxylic acids is 2. The summed E-state index contributed by atoms with van der Waals surface area (Å²) in [7, 11) is 0. The normalized spacial score (nSPS) is 16.5. The Labute approximate surface area is 125 Å². The highest BCUT2D eigenvalue weighted by Gasteiger charge is 2.26. The lowest BCUT2D eigenvalue weighted by molar-refractivity contribution is -0.120. The third-order valence-electron chi connectivity index (χ3n) is 4.18. The number of amides is 1.